The summed E-state index contributed by atoms with van der Waals surface area (Å²) in [6.07, 6.45) is 3.79. The van der Waals surface area contributed by atoms with Crippen LogP contribution in [0.2, 0.25) is 0 Å². The van der Waals surface area contributed by atoms with Crippen molar-refractivity contribution in [3.8, 4) is 11.6 Å². The second-order valence-electron chi connectivity index (χ2n) is 12.7. The number of nitrogens with one attached hydrogen (secondary N) is 2. The van der Waals surface area contributed by atoms with E-state index in [4.69, 9.17) is 15.2 Å². The summed E-state index contributed by atoms with van der Waals surface area (Å²) in [5.74, 6) is -1.27. The first-order chi connectivity index (χ1) is 20.2. The van der Waals surface area contributed by atoms with Crippen molar-refractivity contribution < 1.29 is 32.3 Å². The third kappa shape index (κ3) is 6.05. The molecule has 0 bridgehead atoms. The molecule has 2 aliphatic carbocycles. The average molecular weight is 614 g/mol. The number of aromatic nitrogens is 1. The monoisotopic (exact) mass is 613 g/mol. The number of amides is 3. The molecule has 0 unspecified atom stereocenters. The number of carbonyl (C=O) groups excluding carboxylic acids is 3. The van der Waals surface area contributed by atoms with Crippen LogP contribution in [0.5, 0.6) is 11.6 Å². The van der Waals surface area contributed by atoms with Gasteiger partial charge in [-0.15, -0.1) is 6.58 Å². The van der Waals surface area contributed by atoms with Crippen LogP contribution >= 0.6 is 0 Å². The van der Waals surface area contributed by atoms with Crippen molar-refractivity contribution in [2.75, 3.05) is 13.7 Å². The molecule has 4 N–H and O–H groups in total. The fraction of sp³-hybridized carbons (Fsp3) is 0.533. The van der Waals surface area contributed by atoms with Crippen LogP contribution in [0.25, 0.3) is 10.8 Å². The van der Waals surface area contributed by atoms with Crippen LogP contribution in [0.15, 0.2) is 43.1 Å². The summed E-state index contributed by atoms with van der Waals surface area (Å²) in [4.78, 5) is 46.5. The van der Waals surface area contributed by atoms with Crippen molar-refractivity contribution in [3.05, 3.63) is 43.1 Å². The number of hydrogen-bond acceptors (Lipinski definition) is 9. The number of likely N-dealkylation sites (tertiary alicyclic amines) is 1. The van der Waals surface area contributed by atoms with E-state index in [0.717, 1.165) is 10.8 Å². The molecule has 5 rings (SSSR count). The Balaban J connectivity index is 1.39. The van der Waals surface area contributed by atoms with E-state index in [1.165, 1.54) is 11.0 Å². The SMILES string of the molecule is C=C[C@@H]1C[C@]1(NC(=O)[C@@H]1C[C@@H](Oc2nccc3cc(OC)ccc23)CN1C(=O)[C@@H](N)C(C)(C)C)C(=O)NS(=O)(=O)C1CC1. The molecule has 3 fully saturated rings. The fourth-order valence-corrected chi connectivity index (χ4v) is 6.81. The molecule has 232 valence electrons. The fourth-order valence-electron chi connectivity index (χ4n) is 5.45. The summed E-state index contributed by atoms with van der Waals surface area (Å²) >= 11 is 0. The third-order valence-electron chi connectivity index (χ3n) is 8.51. The summed E-state index contributed by atoms with van der Waals surface area (Å²) in [5.41, 5.74) is 4.28. The molecule has 2 saturated carbocycles. The van der Waals surface area contributed by atoms with Gasteiger partial charge in [-0.2, -0.15) is 0 Å². The van der Waals surface area contributed by atoms with E-state index in [2.05, 4.69) is 21.6 Å². The van der Waals surface area contributed by atoms with E-state index in [9.17, 15) is 22.8 Å². The Morgan fingerprint density at radius 3 is 2.56 bits per heavy atom. The molecule has 1 aromatic carbocycles. The number of nitrogens with zero attached hydrogens (tertiary/aromatic N) is 2. The maximum atomic E-state index is 13.9. The van der Waals surface area contributed by atoms with Crippen LogP contribution in [0.1, 0.15) is 46.5 Å². The zero-order valence-electron chi connectivity index (χ0n) is 24.8. The first-order valence-electron chi connectivity index (χ1n) is 14.4. The van der Waals surface area contributed by atoms with Gasteiger partial charge in [0.15, 0.2) is 0 Å². The van der Waals surface area contributed by atoms with Gasteiger partial charge >= 0.3 is 0 Å². The van der Waals surface area contributed by atoms with E-state index >= 15 is 0 Å². The normalized spacial score (nSPS) is 26.0. The Bertz CT molecular complexity index is 1570. The van der Waals surface area contributed by atoms with Crippen molar-refractivity contribution in [2.45, 2.75) is 75.4 Å². The topological polar surface area (TPSA) is 170 Å². The number of methoxy groups -OCH3 is 1. The minimum Gasteiger partial charge on any atom is -0.497 e. The summed E-state index contributed by atoms with van der Waals surface area (Å²) in [6, 6.07) is 5.37. The molecule has 13 heteroatoms. The van der Waals surface area contributed by atoms with E-state index in [-0.39, 0.29) is 19.4 Å². The summed E-state index contributed by atoms with van der Waals surface area (Å²) in [6.45, 7) is 9.31. The molecule has 2 aromatic rings. The first kappa shape index (κ1) is 30.7. The highest BCUT2D eigenvalue weighted by atomic mass is 32.2. The lowest BCUT2D eigenvalue weighted by molar-refractivity contribution is -0.142. The lowest BCUT2D eigenvalue weighted by Gasteiger charge is -2.33. The van der Waals surface area contributed by atoms with E-state index in [0.29, 0.717) is 24.5 Å². The van der Waals surface area contributed by atoms with Crippen LogP contribution in [-0.4, -0.2) is 78.7 Å². The number of fused-ring (bicyclic) bond motifs is 1. The number of ether oxygens (including phenoxy) is 2. The molecule has 5 atom stereocenters. The largest absolute Gasteiger partial charge is 0.497 e. The summed E-state index contributed by atoms with van der Waals surface area (Å²) in [7, 11) is -2.26. The van der Waals surface area contributed by atoms with E-state index in [1.54, 1.807) is 19.4 Å². The molecule has 0 radical (unpaired) electrons. The minimum atomic E-state index is -3.83. The molecule has 3 aliphatic rings. The number of rotatable bonds is 10. The van der Waals surface area contributed by atoms with Crippen LogP contribution in [0.3, 0.4) is 0 Å². The molecule has 3 amide bonds. The number of benzene rings is 1. The van der Waals surface area contributed by atoms with Crippen molar-refractivity contribution in [2.24, 2.45) is 17.1 Å². The van der Waals surface area contributed by atoms with Gasteiger partial charge in [0.2, 0.25) is 27.7 Å². The number of pyridine rings is 1. The Morgan fingerprint density at radius 2 is 1.95 bits per heavy atom. The van der Waals surface area contributed by atoms with E-state index < -0.39 is 68.1 Å². The second kappa shape index (κ2) is 11.1. The second-order valence-corrected chi connectivity index (χ2v) is 14.7. The van der Waals surface area contributed by atoms with Crippen molar-refractivity contribution >= 4 is 38.5 Å². The maximum absolute atomic E-state index is 13.9. The van der Waals surface area contributed by atoms with Crippen LogP contribution in [0, 0.1) is 11.3 Å². The van der Waals surface area contributed by atoms with Gasteiger partial charge in [-0.1, -0.05) is 26.8 Å². The number of carbonyl (C=O) groups is 3. The molecule has 1 saturated heterocycles. The van der Waals surface area contributed by atoms with Crippen molar-refractivity contribution in [3.63, 3.8) is 0 Å². The van der Waals surface area contributed by atoms with Crippen LogP contribution in [0.4, 0.5) is 0 Å². The molecule has 1 aromatic heterocycles. The predicted molar refractivity (Wildman–Crippen MR) is 160 cm³/mol. The van der Waals surface area contributed by atoms with E-state index in [1.807, 2.05) is 39.0 Å². The highest BCUT2D eigenvalue weighted by Crippen LogP contribution is 2.45. The molecule has 12 nitrogen and oxygen atoms in total. The molecular formula is C30H39N5O7S. The quantitative estimate of drug-likeness (QED) is 0.337. The summed E-state index contributed by atoms with van der Waals surface area (Å²) in [5, 5.41) is 3.75. The first-order valence-corrected chi connectivity index (χ1v) is 15.9. The Hall–Kier alpha value is -3.71. The van der Waals surface area contributed by atoms with Gasteiger partial charge in [0.1, 0.15) is 23.4 Å². The molecule has 1 aliphatic heterocycles. The van der Waals surface area contributed by atoms with Gasteiger partial charge in [-0.25, -0.2) is 13.4 Å². The van der Waals surface area contributed by atoms with Gasteiger partial charge in [-0.05, 0) is 54.3 Å². The lowest BCUT2D eigenvalue weighted by atomic mass is 9.86. The van der Waals surface area contributed by atoms with Crippen molar-refractivity contribution in [1.29, 1.82) is 0 Å². The van der Waals surface area contributed by atoms with Gasteiger partial charge in [0, 0.05) is 23.9 Å². The molecule has 0 spiro atoms. The number of sulfonamides is 1. The van der Waals surface area contributed by atoms with Gasteiger partial charge in [0.25, 0.3) is 5.91 Å². The van der Waals surface area contributed by atoms with Crippen LogP contribution in [-0.2, 0) is 24.4 Å². The average Bonchev–Trinajstić information content (AvgIpc) is 3.88. The zero-order valence-corrected chi connectivity index (χ0v) is 25.6. The standard InChI is InChI=1S/C30H39N5O7S/c1-6-18-15-30(18,28(38)34-43(39,40)21-8-9-21)33-25(36)23-14-20(16-35(23)27(37)24(31)29(2,3)4)42-26-22-10-7-19(41-5)13-17(22)11-12-32-26/h6-7,10-13,18,20-21,23-24H,1,8-9,14-16,31H2,2-5H3,(H,33,36)(H,34,38)/t18-,20-,23+,24-,30-/m1/s1. The van der Waals surface area contributed by atoms with Gasteiger partial charge in [-0.3, -0.25) is 19.1 Å². The Kier molecular flexibility index (Phi) is 7.93. The third-order valence-corrected chi connectivity index (χ3v) is 10.3. The van der Waals surface area contributed by atoms with Crippen LogP contribution < -0.4 is 25.2 Å². The number of hydrogen-bond donors (Lipinski definition) is 3. The number of nitrogens with two attached hydrogens (primary N) is 1. The van der Waals surface area contributed by atoms with Gasteiger partial charge < -0.3 is 25.4 Å². The van der Waals surface area contributed by atoms with Gasteiger partial charge in [0.05, 0.1) is 24.9 Å². The summed E-state index contributed by atoms with van der Waals surface area (Å²) < 4.78 is 38.8. The minimum absolute atomic E-state index is 0.0645. The zero-order chi connectivity index (χ0) is 31.3. The maximum Gasteiger partial charge on any atom is 0.259 e. The molecular weight excluding hydrogens is 574 g/mol. The Morgan fingerprint density at radius 1 is 1.23 bits per heavy atom. The molecule has 2 heterocycles. The highest BCUT2D eigenvalue weighted by Gasteiger charge is 2.62. The Labute approximate surface area is 251 Å². The lowest BCUT2D eigenvalue weighted by Crippen LogP contribution is -2.59. The highest BCUT2D eigenvalue weighted by molar-refractivity contribution is 7.91. The smallest absolute Gasteiger partial charge is 0.259 e. The molecule has 43 heavy (non-hydrogen) atoms. The predicted octanol–water partition coefficient (Wildman–Crippen LogP) is 1.63. The van der Waals surface area contributed by atoms with Crippen molar-refractivity contribution in [1.82, 2.24) is 19.9 Å².